The van der Waals surface area contributed by atoms with E-state index in [1.54, 1.807) is 0 Å². The van der Waals surface area contributed by atoms with Gasteiger partial charge < -0.3 is 10.2 Å². The van der Waals surface area contributed by atoms with Gasteiger partial charge in [-0.2, -0.15) is 5.26 Å². The summed E-state index contributed by atoms with van der Waals surface area (Å²) < 4.78 is 0. The fourth-order valence-corrected chi connectivity index (χ4v) is 2.29. The summed E-state index contributed by atoms with van der Waals surface area (Å²) in [5.41, 5.74) is 0. The second-order valence-corrected chi connectivity index (χ2v) is 4.22. The van der Waals surface area contributed by atoms with Crippen LogP contribution in [0.3, 0.4) is 0 Å². The molecule has 0 aromatic heterocycles. The van der Waals surface area contributed by atoms with Gasteiger partial charge in [-0.15, -0.1) is 0 Å². The molecule has 0 atom stereocenters. The van der Waals surface area contributed by atoms with Gasteiger partial charge in [-0.05, 0) is 51.9 Å². The van der Waals surface area contributed by atoms with Crippen molar-refractivity contribution in [1.82, 2.24) is 10.2 Å². The number of nitrogens with zero attached hydrogens (tertiary/aromatic N) is 2. The van der Waals surface area contributed by atoms with Crippen LogP contribution in [0.1, 0.15) is 39.0 Å². The lowest BCUT2D eigenvalue weighted by Crippen LogP contribution is -2.43. The van der Waals surface area contributed by atoms with Crippen molar-refractivity contribution in [2.45, 2.75) is 45.1 Å². The van der Waals surface area contributed by atoms with Crippen LogP contribution in [0.15, 0.2) is 0 Å². The molecule has 1 heterocycles. The van der Waals surface area contributed by atoms with Crippen molar-refractivity contribution in [3.63, 3.8) is 0 Å². The van der Waals surface area contributed by atoms with Crippen molar-refractivity contribution in [2.75, 3.05) is 26.2 Å². The Bertz CT molecular complexity index is 192. The molecular weight excluding hydrogens is 186 g/mol. The third-order valence-corrected chi connectivity index (χ3v) is 3.22. The van der Waals surface area contributed by atoms with E-state index in [9.17, 15) is 0 Å². The zero-order valence-electron chi connectivity index (χ0n) is 9.84. The van der Waals surface area contributed by atoms with E-state index in [4.69, 9.17) is 5.26 Å². The molecular formula is C12H23N3. The first-order chi connectivity index (χ1) is 7.38. The molecule has 0 bridgehead atoms. The Morgan fingerprint density at radius 1 is 1.33 bits per heavy atom. The molecule has 0 saturated carbocycles. The monoisotopic (exact) mass is 209 g/mol. The summed E-state index contributed by atoms with van der Waals surface area (Å²) >= 11 is 0. The average Bonchev–Trinajstić information content (AvgIpc) is 2.30. The summed E-state index contributed by atoms with van der Waals surface area (Å²) in [6.45, 7) is 6.89. The second-order valence-electron chi connectivity index (χ2n) is 4.22. The number of nitriles is 1. The highest BCUT2D eigenvalue weighted by Crippen LogP contribution is 2.12. The minimum atomic E-state index is 0.712. The molecule has 1 rings (SSSR count). The summed E-state index contributed by atoms with van der Waals surface area (Å²) in [4.78, 5) is 2.58. The molecule has 1 N–H and O–H groups in total. The van der Waals surface area contributed by atoms with Gasteiger partial charge in [0.25, 0.3) is 0 Å². The minimum Gasteiger partial charge on any atom is -0.317 e. The number of hydrogen-bond acceptors (Lipinski definition) is 3. The molecule has 1 aliphatic rings. The summed E-state index contributed by atoms with van der Waals surface area (Å²) in [7, 11) is 0. The first-order valence-corrected chi connectivity index (χ1v) is 6.20. The molecule has 0 unspecified atom stereocenters. The number of hydrogen-bond donors (Lipinski definition) is 1. The molecule has 0 radical (unpaired) electrons. The Balaban J connectivity index is 2.19. The first-order valence-electron chi connectivity index (χ1n) is 6.20. The maximum absolute atomic E-state index is 8.47. The van der Waals surface area contributed by atoms with Crippen LogP contribution in [0.5, 0.6) is 0 Å². The van der Waals surface area contributed by atoms with E-state index in [0.717, 1.165) is 19.0 Å². The first kappa shape index (κ1) is 12.5. The third-order valence-electron chi connectivity index (χ3n) is 3.22. The minimum absolute atomic E-state index is 0.712. The lowest BCUT2D eigenvalue weighted by Gasteiger charge is -2.33. The Hall–Kier alpha value is -0.590. The highest BCUT2D eigenvalue weighted by Gasteiger charge is 2.18. The molecule has 0 amide bonds. The maximum atomic E-state index is 8.47. The lowest BCUT2D eigenvalue weighted by atomic mass is 10.0. The van der Waals surface area contributed by atoms with Crippen LogP contribution in [0, 0.1) is 11.3 Å². The van der Waals surface area contributed by atoms with Crippen LogP contribution >= 0.6 is 0 Å². The lowest BCUT2D eigenvalue weighted by molar-refractivity contribution is 0.167. The van der Waals surface area contributed by atoms with Crippen molar-refractivity contribution in [3.05, 3.63) is 0 Å². The summed E-state index contributed by atoms with van der Waals surface area (Å²) in [6, 6.07) is 2.99. The summed E-state index contributed by atoms with van der Waals surface area (Å²) in [6.07, 6.45) is 5.51. The number of rotatable bonds is 6. The Kier molecular flexibility index (Phi) is 6.38. The molecule has 3 nitrogen and oxygen atoms in total. The van der Waals surface area contributed by atoms with Gasteiger partial charge >= 0.3 is 0 Å². The Morgan fingerprint density at radius 2 is 2.07 bits per heavy atom. The van der Waals surface area contributed by atoms with Crippen molar-refractivity contribution in [1.29, 1.82) is 5.26 Å². The third kappa shape index (κ3) is 4.63. The van der Waals surface area contributed by atoms with Crippen LogP contribution in [0.4, 0.5) is 0 Å². The van der Waals surface area contributed by atoms with Gasteiger partial charge in [-0.25, -0.2) is 0 Å². The van der Waals surface area contributed by atoms with Crippen LogP contribution in [-0.2, 0) is 0 Å². The predicted octanol–water partition coefficient (Wildman–Crippen LogP) is 1.75. The van der Waals surface area contributed by atoms with Gasteiger partial charge in [0, 0.05) is 12.5 Å². The van der Waals surface area contributed by atoms with Gasteiger partial charge in [0.2, 0.25) is 0 Å². The molecule has 3 heteroatoms. The highest BCUT2D eigenvalue weighted by molar-refractivity contribution is 4.77. The van der Waals surface area contributed by atoms with E-state index >= 15 is 0 Å². The normalized spacial score (nSPS) is 17.9. The fraction of sp³-hybridized carbons (Fsp3) is 0.917. The van der Waals surface area contributed by atoms with Crippen molar-refractivity contribution in [3.8, 4) is 6.07 Å². The van der Waals surface area contributed by atoms with Crippen LogP contribution in [0.25, 0.3) is 0 Å². The Labute approximate surface area is 93.5 Å². The van der Waals surface area contributed by atoms with E-state index in [0.29, 0.717) is 6.42 Å². The molecule has 0 aromatic rings. The van der Waals surface area contributed by atoms with Gasteiger partial charge in [0.1, 0.15) is 0 Å². The number of nitrogens with one attached hydrogen (secondary N) is 1. The van der Waals surface area contributed by atoms with Crippen LogP contribution in [-0.4, -0.2) is 37.1 Å². The SMILES string of the molecule is CCN(CCCCC#N)C1CCNCC1. The topological polar surface area (TPSA) is 39.1 Å². The van der Waals surface area contributed by atoms with Crippen LogP contribution < -0.4 is 5.32 Å². The smallest absolute Gasteiger partial charge is 0.0621 e. The van der Waals surface area contributed by atoms with E-state index in [1.807, 2.05) is 0 Å². The van der Waals surface area contributed by atoms with E-state index < -0.39 is 0 Å². The highest BCUT2D eigenvalue weighted by atomic mass is 15.2. The average molecular weight is 209 g/mol. The zero-order chi connectivity index (χ0) is 10.9. The van der Waals surface area contributed by atoms with Crippen molar-refractivity contribution >= 4 is 0 Å². The maximum Gasteiger partial charge on any atom is 0.0621 e. The zero-order valence-corrected chi connectivity index (χ0v) is 9.84. The quantitative estimate of drug-likeness (QED) is 0.677. The van der Waals surface area contributed by atoms with E-state index in [1.165, 1.54) is 38.9 Å². The second kappa shape index (κ2) is 7.67. The van der Waals surface area contributed by atoms with Gasteiger partial charge in [-0.3, -0.25) is 0 Å². The predicted molar refractivity (Wildman–Crippen MR) is 62.6 cm³/mol. The molecule has 15 heavy (non-hydrogen) atoms. The molecule has 0 aromatic carbocycles. The summed E-state index contributed by atoms with van der Waals surface area (Å²) in [5, 5.41) is 11.9. The fourth-order valence-electron chi connectivity index (χ4n) is 2.29. The van der Waals surface area contributed by atoms with E-state index in [-0.39, 0.29) is 0 Å². The molecule has 1 aliphatic heterocycles. The van der Waals surface area contributed by atoms with Crippen LogP contribution in [0.2, 0.25) is 0 Å². The van der Waals surface area contributed by atoms with Crippen molar-refractivity contribution < 1.29 is 0 Å². The molecule has 0 spiro atoms. The summed E-state index contributed by atoms with van der Waals surface area (Å²) in [5.74, 6) is 0. The largest absolute Gasteiger partial charge is 0.317 e. The standard InChI is InChI=1S/C12H23N3/c1-2-15(11-5-3-4-8-13)12-6-9-14-10-7-12/h12,14H,2-7,9-11H2,1H3. The van der Waals surface area contributed by atoms with Gasteiger partial charge in [-0.1, -0.05) is 6.92 Å². The molecule has 86 valence electrons. The number of unbranched alkanes of at least 4 members (excludes halogenated alkanes) is 2. The number of piperidine rings is 1. The van der Waals surface area contributed by atoms with Gasteiger partial charge in [0.15, 0.2) is 0 Å². The van der Waals surface area contributed by atoms with Gasteiger partial charge in [0.05, 0.1) is 6.07 Å². The Morgan fingerprint density at radius 3 is 2.67 bits per heavy atom. The van der Waals surface area contributed by atoms with Crippen molar-refractivity contribution in [2.24, 2.45) is 0 Å². The molecule has 1 saturated heterocycles. The molecule has 1 fully saturated rings. The molecule has 0 aliphatic carbocycles. The van der Waals surface area contributed by atoms with E-state index in [2.05, 4.69) is 23.2 Å².